The molecule has 1 spiro atoms. The molecule has 2 heteroatoms. The molecule has 2 nitrogen and oxygen atoms in total. The second-order valence-corrected chi connectivity index (χ2v) is 7.37. The minimum Gasteiger partial charge on any atom is -0.489 e. The summed E-state index contributed by atoms with van der Waals surface area (Å²) in [5.74, 6) is 1.34. The fourth-order valence-corrected chi connectivity index (χ4v) is 3.58. The molecule has 1 aromatic carbocycles. The topological polar surface area (TPSA) is 26.3 Å². The van der Waals surface area contributed by atoms with Crippen LogP contribution >= 0.6 is 0 Å². The monoisotopic (exact) mass is 272 g/mol. The molecule has 0 amide bonds. The standard InChI is InChI=1S/C18H24O2/c1-17(2,3)13-7-6-8-14(11-13)20-16-12-15(19)18(16)9-4-5-10-18/h6-8,11,16H,4-5,9-10,12H2,1-3H3. The number of rotatable bonds is 2. The van der Waals surface area contributed by atoms with E-state index in [0.717, 1.165) is 18.6 Å². The quantitative estimate of drug-likeness (QED) is 0.804. The highest BCUT2D eigenvalue weighted by molar-refractivity contribution is 5.92. The molecule has 0 saturated heterocycles. The molecule has 20 heavy (non-hydrogen) atoms. The Hall–Kier alpha value is -1.31. The number of carbonyl (C=O) groups excluding carboxylic acids is 1. The number of benzene rings is 1. The maximum Gasteiger partial charge on any atom is 0.146 e. The van der Waals surface area contributed by atoms with Gasteiger partial charge >= 0.3 is 0 Å². The lowest BCUT2D eigenvalue weighted by molar-refractivity contribution is -0.151. The van der Waals surface area contributed by atoms with Gasteiger partial charge in [0.05, 0.1) is 5.41 Å². The second kappa shape index (κ2) is 4.61. The molecule has 0 radical (unpaired) electrons. The molecule has 2 fully saturated rings. The van der Waals surface area contributed by atoms with Crippen LogP contribution in [0.15, 0.2) is 24.3 Å². The molecule has 2 aliphatic rings. The molecule has 2 saturated carbocycles. The van der Waals surface area contributed by atoms with Crippen LogP contribution in [0, 0.1) is 5.41 Å². The number of ether oxygens (including phenoxy) is 1. The summed E-state index contributed by atoms with van der Waals surface area (Å²) in [6.07, 6.45) is 5.10. The number of hydrogen-bond acceptors (Lipinski definition) is 2. The lowest BCUT2D eigenvalue weighted by Gasteiger charge is -2.44. The number of ketones is 1. The van der Waals surface area contributed by atoms with E-state index in [-0.39, 0.29) is 16.9 Å². The Morgan fingerprint density at radius 3 is 2.50 bits per heavy atom. The van der Waals surface area contributed by atoms with Crippen molar-refractivity contribution in [3.8, 4) is 5.75 Å². The Bertz CT molecular complexity index is 518. The molecule has 0 aromatic heterocycles. The van der Waals surface area contributed by atoms with E-state index in [4.69, 9.17) is 4.74 Å². The fraction of sp³-hybridized carbons (Fsp3) is 0.611. The predicted molar refractivity (Wildman–Crippen MR) is 80.1 cm³/mol. The fourth-order valence-electron chi connectivity index (χ4n) is 3.58. The van der Waals surface area contributed by atoms with Crippen molar-refractivity contribution in [1.82, 2.24) is 0 Å². The van der Waals surface area contributed by atoms with Gasteiger partial charge in [-0.1, -0.05) is 45.7 Å². The SMILES string of the molecule is CC(C)(C)c1cccc(OC2CC(=O)C23CCCC3)c1. The summed E-state index contributed by atoms with van der Waals surface area (Å²) in [7, 11) is 0. The maximum absolute atomic E-state index is 12.0. The molecular weight excluding hydrogens is 248 g/mol. The van der Waals surface area contributed by atoms with Crippen LogP contribution < -0.4 is 4.74 Å². The summed E-state index contributed by atoms with van der Waals surface area (Å²) < 4.78 is 6.17. The van der Waals surface area contributed by atoms with E-state index in [1.54, 1.807) is 0 Å². The van der Waals surface area contributed by atoms with Gasteiger partial charge in [-0.05, 0) is 36.0 Å². The Kier molecular flexibility index (Phi) is 3.15. The Morgan fingerprint density at radius 2 is 1.90 bits per heavy atom. The molecule has 2 aliphatic carbocycles. The normalized spacial score (nSPS) is 24.8. The number of hydrogen-bond donors (Lipinski definition) is 0. The van der Waals surface area contributed by atoms with Gasteiger partial charge in [0.1, 0.15) is 17.6 Å². The van der Waals surface area contributed by atoms with Gasteiger partial charge in [0.2, 0.25) is 0 Å². The predicted octanol–water partition coefficient (Wildman–Crippen LogP) is 4.26. The van der Waals surface area contributed by atoms with E-state index < -0.39 is 0 Å². The molecule has 0 aliphatic heterocycles. The first-order valence-electron chi connectivity index (χ1n) is 7.72. The molecule has 1 aromatic rings. The van der Waals surface area contributed by atoms with Crippen molar-refractivity contribution in [2.24, 2.45) is 5.41 Å². The molecule has 1 atom stereocenters. The van der Waals surface area contributed by atoms with Gasteiger partial charge in [-0.25, -0.2) is 0 Å². The highest BCUT2D eigenvalue weighted by Crippen LogP contribution is 2.52. The molecule has 0 heterocycles. The highest BCUT2D eigenvalue weighted by atomic mass is 16.5. The first-order valence-corrected chi connectivity index (χ1v) is 7.72. The van der Waals surface area contributed by atoms with Crippen molar-refractivity contribution < 1.29 is 9.53 Å². The van der Waals surface area contributed by atoms with E-state index in [1.807, 2.05) is 6.07 Å². The van der Waals surface area contributed by atoms with Gasteiger partial charge in [-0.3, -0.25) is 4.79 Å². The summed E-state index contributed by atoms with van der Waals surface area (Å²) in [6, 6.07) is 8.34. The van der Waals surface area contributed by atoms with Crippen LogP contribution in [0.25, 0.3) is 0 Å². The van der Waals surface area contributed by atoms with Crippen molar-refractivity contribution in [2.75, 3.05) is 0 Å². The van der Waals surface area contributed by atoms with Gasteiger partial charge in [0, 0.05) is 6.42 Å². The Balaban J connectivity index is 1.77. The van der Waals surface area contributed by atoms with Gasteiger partial charge in [-0.2, -0.15) is 0 Å². The number of Topliss-reactive ketones (excluding diaryl/α,β-unsaturated/α-hetero) is 1. The zero-order valence-electron chi connectivity index (χ0n) is 12.7. The van der Waals surface area contributed by atoms with Gasteiger partial charge in [0.15, 0.2) is 0 Å². The van der Waals surface area contributed by atoms with E-state index in [9.17, 15) is 4.79 Å². The summed E-state index contributed by atoms with van der Waals surface area (Å²) in [6.45, 7) is 6.62. The zero-order chi connectivity index (χ0) is 14.4. The van der Waals surface area contributed by atoms with E-state index >= 15 is 0 Å². The molecule has 3 rings (SSSR count). The number of carbonyl (C=O) groups is 1. The van der Waals surface area contributed by atoms with Gasteiger partial charge in [0.25, 0.3) is 0 Å². The molecule has 108 valence electrons. The highest BCUT2D eigenvalue weighted by Gasteiger charge is 2.57. The van der Waals surface area contributed by atoms with Crippen molar-refractivity contribution >= 4 is 5.78 Å². The third-order valence-corrected chi connectivity index (χ3v) is 5.02. The molecule has 0 bridgehead atoms. The zero-order valence-corrected chi connectivity index (χ0v) is 12.7. The first kappa shape index (κ1) is 13.7. The maximum atomic E-state index is 12.0. The summed E-state index contributed by atoms with van der Waals surface area (Å²) in [5, 5.41) is 0. The van der Waals surface area contributed by atoms with Crippen molar-refractivity contribution in [2.45, 2.75) is 64.4 Å². The average molecular weight is 272 g/mol. The van der Waals surface area contributed by atoms with Crippen LogP contribution in [-0.2, 0) is 10.2 Å². The van der Waals surface area contributed by atoms with E-state index in [0.29, 0.717) is 12.2 Å². The molecule has 0 N–H and O–H groups in total. The van der Waals surface area contributed by atoms with Crippen LogP contribution in [0.1, 0.15) is 58.4 Å². The lowest BCUT2D eigenvalue weighted by atomic mass is 9.63. The summed E-state index contributed by atoms with van der Waals surface area (Å²) in [5.41, 5.74) is 1.26. The van der Waals surface area contributed by atoms with E-state index in [2.05, 4.69) is 39.0 Å². The Morgan fingerprint density at radius 1 is 1.20 bits per heavy atom. The third-order valence-electron chi connectivity index (χ3n) is 5.02. The van der Waals surface area contributed by atoms with Crippen LogP contribution in [0.4, 0.5) is 0 Å². The second-order valence-electron chi connectivity index (χ2n) is 7.37. The van der Waals surface area contributed by atoms with Crippen LogP contribution in [0.5, 0.6) is 5.75 Å². The van der Waals surface area contributed by atoms with Crippen molar-refractivity contribution in [3.05, 3.63) is 29.8 Å². The summed E-state index contributed by atoms with van der Waals surface area (Å²) >= 11 is 0. The van der Waals surface area contributed by atoms with Gasteiger partial charge < -0.3 is 4.74 Å². The molecule has 1 unspecified atom stereocenters. The first-order chi connectivity index (χ1) is 9.42. The van der Waals surface area contributed by atoms with Crippen molar-refractivity contribution in [1.29, 1.82) is 0 Å². The van der Waals surface area contributed by atoms with Crippen LogP contribution in [0.3, 0.4) is 0 Å². The smallest absolute Gasteiger partial charge is 0.146 e. The van der Waals surface area contributed by atoms with Crippen molar-refractivity contribution in [3.63, 3.8) is 0 Å². The largest absolute Gasteiger partial charge is 0.489 e. The summed E-state index contributed by atoms with van der Waals surface area (Å²) in [4.78, 5) is 12.0. The third kappa shape index (κ3) is 2.15. The minimum atomic E-state index is -0.141. The lowest BCUT2D eigenvalue weighted by Crippen LogP contribution is -2.55. The van der Waals surface area contributed by atoms with Gasteiger partial charge in [-0.15, -0.1) is 0 Å². The Labute approximate surface area is 121 Å². The minimum absolute atomic E-state index is 0.104. The van der Waals surface area contributed by atoms with Crippen LogP contribution in [-0.4, -0.2) is 11.9 Å². The average Bonchev–Trinajstić information content (AvgIpc) is 2.90. The van der Waals surface area contributed by atoms with Crippen LogP contribution in [0.2, 0.25) is 0 Å². The van der Waals surface area contributed by atoms with E-state index in [1.165, 1.54) is 18.4 Å². The molecular formula is C18H24O2.